The molecule has 5 nitrogen and oxygen atoms in total. The fraction of sp³-hybridized carbons (Fsp3) is 0. The number of H-pyrrole nitrogens is 1. The maximum atomic E-state index is 13.2. The number of para-hydroxylation sites is 1. The molecule has 0 aliphatic rings. The van der Waals surface area contributed by atoms with Gasteiger partial charge in [-0.15, -0.1) is 0 Å². The predicted molar refractivity (Wildman–Crippen MR) is 80.5 cm³/mol. The largest absolute Gasteiger partial charge is 0.505 e. The summed E-state index contributed by atoms with van der Waals surface area (Å²) in [6, 6.07) is 9.06. The molecule has 1 amide bonds. The third kappa shape index (κ3) is 2.64. The highest BCUT2D eigenvalue weighted by molar-refractivity contribution is 6.06. The number of carbonyl (C=O) groups is 1. The minimum Gasteiger partial charge on any atom is -0.505 e. The van der Waals surface area contributed by atoms with E-state index in [-0.39, 0.29) is 11.3 Å². The van der Waals surface area contributed by atoms with E-state index < -0.39 is 28.9 Å². The van der Waals surface area contributed by atoms with Crippen LogP contribution in [0.3, 0.4) is 0 Å². The molecule has 0 radical (unpaired) electrons. The smallest absolute Gasteiger partial charge is 0.276 e. The van der Waals surface area contributed by atoms with Crippen LogP contribution in [0.15, 0.2) is 47.3 Å². The SMILES string of the molecule is O=C(Nc1c(O)c2ccccc2[nH]c1=O)c1ccc(F)c(F)c1. The maximum Gasteiger partial charge on any atom is 0.276 e. The second-order valence-electron chi connectivity index (χ2n) is 4.81. The van der Waals surface area contributed by atoms with Crippen molar-refractivity contribution < 1.29 is 18.7 Å². The molecule has 0 atom stereocenters. The molecule has 2 aromatic carbocycles. The summed E-state index contributed by atoms with van der Waals surface area (Å²) in [5, 5.41) is 12.7. The Labute approximate surface area is 128 Å². The second-order valence-corrected chi connectivity index (χ2v) is 4.81. The van der Waals surface area contributed by atoms with Crippen LogP contribution in [0.25, 0.3) is 10.9 Å². The number of carbonyl (C=O) groups excluding carboxylic acids is 1. The highest BCUT2D eigenvalue weighted by atomic mass is 19.2. The van der Waals surface area contributed by atoms with E-state index in [0.717, 1.165) is 12.1 Å². The van der Waals surface area contributed by atoms with Gasteiger partial charge in [-0.05, 0) is 30.3 Å². The van der Waals surface area contributed by atoms with Gasteiger partial charge in [0.05, 0.1) is 5.52 Å². The van der Waals surface area contributed by atoms with Gasteiger partial charge in [-0.25, -0.2) is 8.78 Å². The first-order chi connectivity index (χ1) is 11.0. The molecule has 1 aromatic heterocycles. The summed E-state index contributed by atoms with van der Waals surface area (Å²) >= 11 is 0. The number of hydrogen-bond acceptors (Lipinski definition) is 3. The second kappa shape index (κ2) is 5.53. The molecule has 3 rings (SSSR count). The summed E-state index contributed by atoms with van der Waals surface area (Å²) < 4.78 is 26.1. The Balaban J connectivity index is 2.02. The molecule has 0 aliphatic carbocycles. The molecule has 0 bridgehead atoms. The van der Waals surface area contributed by atoms with Gasteiger partial charge >= 0.3 is 0 Å². The average Bonchev–Trinajstić information content (AvgIpc) is 2.54. The quantitative estimate of drug-likeness (QED) is 0.680. The van der Waals surface area contributed by atoms with Crippen molar-refractivity contribution in [2.24, 2.45) is 0 Å². The van der Waals surface area contributed by atoms with Crippen molar-refractivity contribution >= 4 is 22.5 Å². The zero-order chi connectivity index (χ0) is 16.6. The Hall–Kier alpha value is -3.22. The first-order valence-electron chi connectivity index (χ1n) is 6.58. The van der Waals surface area contributed by atoms with E-state index in [9.17, 15) is 23.5 Å². The first-order valence-corrected chi connectivity index (χ1v) is 6.58. The summed E-state index contributed by atoms with van der Waals surface area (Å²) in [6.07, 6.45) is 0. The van der Waals surface area contributed by atoms with Crippen molar-refractivity contribution in [2.75, 3.05) is 5.32 Å². The third-order valence-corrected chi connectivity index (χ3v) is 3.31. The van der Waals surface area contributed by atoms with Gasteiger partial charge in [-0.1, -0.05) is 12.1 Å². The number of halogens is 2. The van der Waals surface area contributed by atoms with Crippen molar-refractivity contribution in [1.82, 2.24) is 4.98 Å². The first kappa shape index (κ1) is 14.7. The average molecular weight is 316 g/mol. The Morgan fingerprint density at radius 3 is 2.57 bits per heavy atom. The molecule has 1 heterocycles. The van der Waals surface area contributed by atoms with E-state index in [1.165, 1.54) is 0 Å². The monoisotopic (exact) mass is 316 g/mol. The number of anilines is 1. The van der Waals surface area contributed by atoms with Crippen LogP contribution in [0.1, 0.15) is 10.4 Å². The number of aromatic amines is 1. The molecule has 0 unspecified atom stereocenters. The Morgan fingerprint density at radius 2 is 1.83 bits per heavy atom. The Bertz CT molecular complexity index is 983. The molecule has 0 saturated carbocycles. The van der Waals surface area contributed by atoms with Crippen molar-refractivity contribution in [1.29, 1.82) is 0 Å². The Morgan fingerprint density at radius 1 is 1.09 bits per heavy atom. The van der Waals surface area contributed by atoms with Gasteiger partial charge in [-0.2, -0.15) is 0 Å². The molecule has 3 aromatic rings. The van der Waals surface area contributed by atoms with Crippen LogP contribution >= 0.6 is 0 Å². The van der Waals surface area contributed by atoms with E-state index in [4.69, 9.17) is 0 Å². The fourth-order valence-electron chi connectivity index (χ4n) is 2.16. The van der Waals surface area contributed by atoms with E-state index >= 15 is 0 Å². The zero-order valence-electron chi connectivity index (χ0n) is 11.6. The molecule has 7 heteroatoms. The van der Waals surface area contributed by atoms with Gasteiger partial charge in [0.2, 0.25) is 0 Å². The lowest BCUT2D eigenvalue weighted by molar-refractivity contribution is 0.102. The number of benzene rings is 2. The van der Waals surface area contributed by atoms with Gasteiger partial charge in [0.15, 0.2) is 23.1 Å². The molecule has 116 valence electrons. The summed E-state index contributed by atoms with van der Waals surface area (Å²) in [4.78, 5) is 26.5. The molecule has 0 saturated heterocycles. The molecule has 3 N–H and O–H groups in total. The summed E-state index contributed by atoms with van der Waals surface area (Å²) in [5.74, 6) is -3.53. The lowest BCUT2D eigenvalue weighted by Gasteiger charge is -2.09. The third-order valence-electron chi connectivity index (χ3n) is 3.31. The van der Waals surface area contributed by atoms with Crippen LogP contribution in [0, 0.1) is 11.6 Å². The number of nitrogens with one attached hydrogen (secondary N) is 2. The number of fused-ring (bicyclic) bond motifs is 1. The number of hydrogen-bond donors (Lipinski definition) is 3. The van der Waals surface area contributed by atoms with Crippen LogP contribution in [0.2, 0.25) is 0 Å². The topological polar surface area (TPSA) is 82.2 Å². The van der Waals surface area contributed by atoms with Gasteiger partial charge in [0.1, 0.15) is 0 Å². The van der Waals surface area contributed by atoms with E-state index in [2.05, 4.69) is 10.3 Å². The van der Waals surface area contributed by atoms with Crippen LogP contribution < -0.4 is 10.9 Å². The predicted octanol–water partition coefficient (Wildman–Crippen LogP) is 2.76. The number of amides is 1. The molecule has 23 heavy (non-hydrogen) atoms. The molecular weight excluding hydrogens is 306 g/mol. The van der Waals surface area contributed by atoms with Crippen LogP contribution in [0.4, 0.5) is 14.5 Å². The van der Waals surface area contributed by atoms with E-state index in [0.29, 0.717) is 17.0 Å². The van der Waals surface area contributed by atoms with E-state index in [1.807, 2.05) is 0 Å². The normalized spacial score (nSPS) is 10.7. The number of aromatic nitrogens is 1. The fourth-order valence-corrected chi connectivity index (χ4v) is 2.16. The van der Waals surface area contributed by atoms with Crippen LogP contribution in [-0.2, 0) is 0 Å². The summed E-state index contributed by atoms with van der Waals surface area (Å²) in [5.41, 5.74) is -0.854. The molecule has 0 aliphatic heterocycles. The maximum absolute atomic E-state index is 13.2. The lowest BCUT2D eigenvalue weighted by atomic mass is 10.1. The molecular formula is C16H10F2N2O3. The van der Waals surface area contributed by atoms with Crippen molar-refractivity contribution in [3.63, 3.8) is 0 Å². The summed E-state index contributed by atoms with van der Waals surface area (Å²) in [6.45, 7) is 0. The summed E-state index contributed by atoms with van der Waals surface area (Å²) in [7, 11) is 0. The van der Waals surface area contributed by atoms with Crippen LogP contribution in [-0.4, -0.2) is 16.0 Å². The van der Waals surface area contributed by atoms with Crippen molar-refractivity contribution in [2.45, 2.75) is 0 Å². The molecule has 0 fully saturated rings. The van der Waals surface area contributed by atoms with E-state index in [1.54, 1.807) is 24.3 Å². The van der Waals surface area contributed by atoms with Gasteiger partial charge in [0.25, 0.3) is 11.5 Å². The van der Waals surface area contributed by atoms with Crippen molar-refractivity contribution in [3.8, 4) is 5.75 Å². The van der Waals surface area contributed by atoms with Crippen molar-refractivity contribution in [3.05, 3.63) is 70.0 Å². The highest BCUT2D eigenvalue weighted by Crippen LogP contribution is 2.28. The number of aromatic hydroxyl groups is 1. The minimum atomic E-state index is -1.19. The zero-order valence-corrected chi connectivity index (χ0v) is 11.6. The lowest BCUT2D eigenvalue weighted by Crippen LogP contribution is -2.20. The standard InChI is InChI=1S/C16H10F2N2O3/c17-10-6-5-8(7-11(10)18)15(22)20-13-14(21)9-3-1-2-4-12(9)19-16(13)23/h1-7H,(H,20,22)(H2,19,21,23). The van der Waals surface area contributed by atoms with Gasteiger partial charge in [-0.3, -0.25) is 9.59 Å². The highest BCUT2D eigenvalue weighted by Gasteiger charge is 2.16. The minimum absolute atomic E-state index is 0.184. The number of pyridine rings is 1. The van der Waals surface area contributed by atoms with Gasteiger partial charge < -0.3 is 15.4 Å². The number of rotatable bonds is 2. The van der Waals surface area contributed by atoms with Gasteiger partial charge in [0, 0.05) is 10.9 Å². The Kier molecular flexibility index (Phi) is 3.53. The molecule has 0 spiro atoms. The van der Waals surface area contributed by atoms with Crippen LogP contribution in [0.5, 0.6) is 5.75 Å².